The first-order valence-electron chi connectivity index (χ1n) is 12.4. The summed E-state index contributed by atoms with van der Waals surface area (Å²) < 4.78 is 1.82. The van der Waals surface area contributed by atoms with Crippen molar-refractivity contribution in [3.05, 3.63) is 60.0 Å². The first kappa shape index (κ1) is 24.9. The van der Waals surface area contributed by atoms with E-state index < -0.39 is 0 Å². The van der Waals surface area contributed by atoms with Crippen LogP contribution in [0.1, 0.15) is 55.1 Å². The Labute approximate surface area is 220 Å². The van der Waals surface area contributed by atoms with E-state index in [1.165, 1.54) is 6.33 Å². The van der Waals surface area contributed by atoms with Gasteiger partial charge in [-0.2, -0.15) is 5.10 Å². The average molecular weight is 509 g/mol. The van der Waals surface area contributed by atoms with Crippen LogP contribution in [-0.2, 0) is 4.79 Å². The minimum absolute atomic E-state index is 0.0673. The fraction of sp³-hybridized carbons (Fsp3) is 0.286. The van der Waals surface area contributed by atoms with Crippen LogP contribution in [0.2, 0.25) is 0 Å². The fourth-order valence-electron chi connectivity index (χ4n) is 4.61. The zero-order chi connectivity index (χ0) is 26.8. The summed E-state index contributed by atoms with van der Waals surface area (Å²) in [4.78, 5) is 39.7. The van der Waals surface area contributed by atoms with Crippen LogP contribution >= 0.6 is 0 Å². The van der Waals surface area contributed by atoms with Crippen LogP contribution in [0.15, 0.2) is 48.9 Å². The van der Waals surface area contributed by atoms with Gasteiger partial charge in [0.1, 0.15) is 23.7 Å². The molecule has 0 aliphatic carbocycles. The average Bonchev–Trinajstić information content (AvgIpc) is 3.55. The number of likely N-dealkylation sites (tertiary alicyclic amines) is 1. The molecule has 10 nitrogen and oxygen atoms in total. The molecular weight excluding hydrogens is 480 g/mol. The number of hydrogen-bond donors (Lipinski definition) is 2. The molecule has 2 amide bonds. The number of nitrogens with two attached hydrogens (primary N) is 1. The van der Waals surface area contributed by atoms with Crippen LogP contribution in [-0.4, -0.2) is 54.5 Å². The summed E-state index contributed by atoms with van der Waals surface area (Å²) in [5.74, 6) is 5.97. The lowest BCUT2D eigenvalue weighted by atomic mass is 10.0. The molecule has 1 saturated heterocycles. The summed E-state index contributed by atoms with van der Waals surface area (Å²) >= 11 is 0. The fourth-order valence-corrected chi connectivity index (χ4v) is 4.61. The third-order valence-corrected chi connectivity index (χ3v) is 6.66. The lowest BCUT2D eigenvalue weighted by Gasteiger charge is -2.14. The first-order valence-corrected chi connectivity index (χ1v) is 12.4. The van der Waals surface area contributed by atoms with Crippen molar-refractivity contribution in [3.8, 4) is 23.1 Å². The maximum absolute atomic E-state index is 12.9. The Kier molecular flexibility index (Phi) is 6.75. The standard InChI is InChI=1S/C28H28N8O2/c1-4-5-23(37)35-13-11-21(15-35)36-27-24(26(29)31-16-32-27)25(34-36)18-6-8-19(9-7-18)28(38)33-22-14-20(17(2)3)10-12-30-22/h6-10,12,14,16-17,21H,11,13,15H2,1-3H3,(H2,29,31,32)(H,30,33,38). The smallest absolute Gasteiger partial charge is 0.298 e. The van der Waals surface area contributed by atoms with Crippen molar-refractivity contribution >= 4 is 34.5 Å². The molecule has 5 rings (SSSR count). The maximum atomic E-state index is 12.9. The van der Waals surface area contributed by atoms with E-state index in [1.54, 1.807) is 30.2 Å². The SMILES string of the molecule is CC#CC(=O)N1CCC(n2nc(-c3ccc(C(=O)Nc4cc(C(C)C)ccn4)cc3)c3c(N)ncnc32)C1. The second-order valence-corrected chi connectivity index (χ2v) is 9.48. The third-order valence-electron chi connectivity index (χ3n) is 6.66. The molecule has 1 atom stereocenters. The van der Waals surface area contributed by atoms with Gasteiger partial charge in [0.25, 0.3) is 11.8 Å². The Morgan fingerprint density at radius 2 is 1.92 bits per heavy atom. The van der Waals surface area contributed by atoms with E-state index in [4.69, 9.17) is 10.8 Å². The second-order valence-electron chi connectivity index (χ2n) is 9.48. The van der Waals surface area contributed by atoms with E-state index in [0.717, 1.165) is 17.5 Å². The maximum Gasteiger partial charge on any atom is 0.298 e. The van der Waals surface area contributed by atoms with Gasteiger partial charge in [0.05, 0.1) is 11.4 Å². The highest BCUT2D eigenvalue weighted by Crippen LogP contribution is 2.34. The highest BCUT2D eigenvalue weighted by atomic mass is 16.2. The zero-order valence-electron chi connectivity index (χ0n) is 21.5. The number of rotatable bonds is 5. The molecule has 1 aromatic carbocycles. The Morgan fingerprint density at radius 1 is 1.13 bits per heavy atom. The van der Waals surface area contributed by atoms with Gasteiger partial charge in [-0.25, -0.2) is 19.6 Å². The van der Waals surface area contributed by atoms with Crippen LogP contribution in [0.4, 0.5) is 11.6 Å². The van der Waals surface area contributed by atoms with Crippen LogP contribution in [0, 0.1) is 11.8 Å². The molecule has 38 heavy (non-hydrogen) atoms. The lowest BCUT2D eigenvalue weighted by Crippen LogP contribution is -2.28. The highest BCUT2D eigenvalue weighted by molar-refractivity contribution is 6.04. The van der Waals surface area contributed by atoms with Crippen LogP contribution < -0.4 is 11.1 Å². The zero-order valence-corrected chi connectivity index (χ0v) is 21.5. The number of pyridine rings is 1. The van der Waals surface area contributed by atoms with Gasteiger partial charge in [-0.1, -0.05) is 31.9 Å². The van der Waals surface area contributed by atoms with E-state index in [0.29, 0.717) is 52.9 Å². The number of nitrogen functional groups attached to an aromatic ring is 1. The van der Waals surface area contributed by atoms with Gasteiger partial charge in [-0.15, -0.1) is 0 Å². The van der Waals surface area contributed by atoms with Gasteiger partial charge in [-0.05, 0) is 55.0 Å². The summed E-state index contributed by atoms with van der Waals surface area (Å²) in [5, 5.41) is 8.36. The number of amides is 2. The van der Waals surface area contributed by atoms with Crippen LogP contribution in [0.5, 0.6) is 0 Å². The Balaban J connectivity index is 1.42. The van der Waals surface area contributed by atoms with E-state index in [1.807, 2.05) is 28.9 Å². The predicted molar refractivity (Wildman–Crippen MR) is 145 cm³/mol. The minimum Gasteiger partial charge on any atom is -0.383 e. The number of hydrogen-bond acceptors (Lipinski definition) is 7. The minimum atomic E-state index is -0.255. The van der Waals surface area contributed by atoms with Crippen molar-refractivity contribution in [1.29, 1.82) is 0 Å². The number of anilines is 2. The molecule has 1 aliphatic rings. The number of nitrogens with one attached hydrogen (secondary N) is 1. The summed E-state index contributed by atoms with van der Waals surface area (Å²) in [6, 6.07) is 10.9. The van der Waals surface area contributed by atoms with E-state index >= 15 is 0 Å². The van der Waals surface area contributed by atoms with Gasteiger partial charge in [0, 0.05) is 30.4 Å². The molecule has 192 valence electrons. The summed E-state index contributed by atoms with van der Waals surface area (Å²) in [6.07, 6.45) is 3.83. The van der Waals surface area contributed by atoms with Crippen LogP contribution in [0.25, 0.3) is 22.3 Å². The number of nitrogens with zero attached hydrogens (tertiary/aromatic N) is 6. The molecule has 4 aromatic rings. The number of fused-ring (bicyclic) bond motifs is 1. The predicted octanol–water partition coefficient (Wildman–Crippen LogP) is 3.64. The van der Waals surface area contributed by atoms with Crippen molar-refractivity contribution < 1.29 is 9.59 Å². The van der Waals surface area contributed by atoms with E-state index in [2.05, 4.69) is 46.0 Å². The van der Waals surface area contributed by atoms with Crippen molar-refractivity contribution in [2.75, 3.05) is 24.1 Å². The lowest BCUT2D eigenvalue weighted by molar-refractivity contribution is -0.124. The van der Waals surface area contributed by atoms with Crippen molar-refractivity contribution in [1.82, 2.24) is 29.6 Å². The number of carbonyl (C=O) groups is 2. The first-order chi connectivity index (χ1) is 18.4. The monoisotopic (exact) mass is 508 g/mol. The van der Waals surface area contributed by atoms with Crippen molar-refractivity contribution in [3.63, 3.8) is 0 Å². The molecule has 0 bridgehead atoms. The van der Waals surface area contributed by atoms with E-state index in [-0.39, 0.29) is 17.9 Å². The second kappa shape index (κ2) is 10.3. The molecule has 1 aliphatic heterocycles. The summed E-state index contributed by atoms with van der Waals surface area (Å²) in [5.41, 5.74) is 9.84. The highest BCUT2D eigenvalue weighted by Gasteiger charge is 2.30. The summed E-state index contributed by atoms with van der Waals surface area (Å²) in [7, 11) is 0. The number of benzene rings is 1. The number of aromatic nitrogens is 5. The van der Waals surface area contributed by atoms with Gasteiger partial charge in [-0.3, -0.25) is 9.59 Å². The molecule has 0 saturated carbocycles. The molecule has 0 spiro atoms. The molecule has 3 aromatic heterocycles. The van der Waals surface area contributed by atoms with Gasteiger partial charge >= 0.3 is 0 Å². The van der Waals surface area contributed by atoms with Crippen molar-refractivity contribution in [2.24, 2.45) is 0 Å². The molecule has 3 N–H and O–H groups in total. The largest absolute Gasteiger partial charge is 0.383 e. The van der Waals surface area contributed by atoms with E-state index in [9.17, 15) is 9.59 Å². The van der Waals surface area contributed by atoms with Gasteiger partial charge in [0.15, 0.2) is 5.65 Å². The molecule has 10 heteroatoms. The topological polar surface area (TPSA) is 132 Å². The summed E-state index contributed by atoms with van der Waals surface area (Å²) in [6.45, 7) is 6.90. The molecular formula is C28H28N8O2. The quantitative estimate of drug-likeness (QED) is 0.393. The Bertz CT molecular complexity index is 1580. The Morgan fingerprint density at radius 3 is 2.66 bits per heavy atom. The molecule has 1 unspecified atom stereocenters. The Hall–Kier alpha value is -4.78. The molecule has 1 fully saturated rings. The number of carbonyl (C=O) groups excluding carboxylic acids is 2. The molecule has 4 heterocycles. The van der Waals surface area contributed by atoms with Gasteiger partial charge < -0.3 is 16.0 Å². The molecule has 0 radical (unpaired) electrons. The van der Waals surface area contributed by atoms with Crippen LogP contribution in [0.3, 0.4) is 0 Å². The van der Waals surface area contributed by atoms with Crippen molar-refractivity contribution in [2.45, 2.75) is 39.2 Å². The normalized spacial score (nSPS) is 14.9. The third kappa shape index (κ3) is 4.78. The van der Waals surface area contributed by atoms with Gasteiger partial charge in [0.2, 0.25) is 0 Å².